The van der Waals surface area contributed by atoms with Crippen LogP contribution >= 0.6 is 0 Å². The quantitative estimate of drug-likeness (QED) is 0.490. The van der Waals surface area contributed by atoms with E-state index in [9.17, 15) is 0 Å². The molecular weight excluding hydrogens is 236 g/mol. The number of fused-ring (bicyclic) bond motifs is 2. The Morgan fingerprint density at radius 1 is 0.938 bits per heavy atom. The van der Waals surface area contributed by atoms with E-state index in [1.54, 1.807) is 0 Å². The predicted octanol–water partition coefficient (Wildman–Crippen LogP) is -2.22. The first-order valence-electron chi connectivity index (χ1n) is 5.61. The summed E-state index contributed by atoms with van der Waals surface area (Å²) in [6, 6.07) is 0. The van der Waals surface area contributed by atoms with Gasteiger partial charge in [0, 0.05) is 0 Å². The summed E-state index contributed by atoms with van der Waals surface area (Å²) in [5.74, 6) is 0. The Morgan fingerprint density at radius 3 is 1.31 bits per heavy atom. The zero-order valence-corrected chi connectivity index (χ0v) is 10.7. The van der Waals surface area contributed by atoms with Gasteiger partial charge in [-0.1, -0.05) is 0 Å². The van der Waals surface area contributed by atoms with E-state index in [1.165, 1.54) is 54.9 Å². The fourth-order valence-electron chi connectivity index (χ4n) is 2.82. The van der Waals surface area contributed by atoms with E-state index in [2.05, 4.69) is 13.8 Å². The van der Waals surface area contributed by atoms with Crippen LogP contribution < -0.4 is 4.66 Å². The number of hydrogen-bond donors (Lipinski definition) is 3. The van der Waals surface area contributed by atoms with Crippen LogP contribution in [0.3, 0.4) is 0 Å². The van der Waals surface area contributed by atoms with Crippen LogP contribution in [-0.4, -0.2) is 68.9 Å². The molecule has 98 valence electrons. The van der Waals surface area contributed by atoms with Crippen molar-refractivity contribution in [1.82, 2.24) is 0 Å². The van der Waals surface area contributed by atoms with Crippen molar-refractivity contribution in [3.8, 4) is 0 Å². The molecule has 0 radical (unpaired) electrons. The van der Waals surface area contributed by atoms with E-state index in [0.717, 1.165) is 0 Å². The van der Waals surface area contributed by atoms with Crippen molar-refractivity contribution in [2.75, 3.05) is 45.9 Å². The van der Waals surface area contributed by atoms with Crippen molar-refractivity contribution >= 4 is 0 Å². The molecule has 2 saturated heterocycles. The van der Waals surface area contributed by atoms with Gasteiger partial charge in [0.2, 0.25) is 6.67 Å². The second kappa shape index (κ2) is 4.73. The molecule has 2 aliphatic rings. The fourth-order valence-corrected chi connectivity index (χ4v) is 2.82. The molecule has 2 fully saturated rings. The molecule has 0 aromatic carbocycles. The molecule has 2 bridgehead atoms. The van der Waals surface area contributed by atoms with Gasteiger partial charge in [0.05, 0.1) is 13.1 Å². The first-order valence-corrected chi connectivity index (χ1v) is 6.93. The van der Waals surface area contributed by atoms with E-state index in [1.807, 2.05) is 0 Å². The topological polar surface area (TPSA) is 83.8 Å². The molecule has 2 aliphatic heterocycles. The van der Waals surface area contributed by atoms with E-state index in [4.69, 9.17) is 18.6 Å². The van der Waals surface area contributed by atoms with Crippen LogP contribution in [0.4, 0.5) is 0 Å². The van der Waals surface area contributed by atoms with Gasteiger partial charge >= 0.3 is 28.9 Å². The number of likely N-dealkylation sites (N-methyl/N-ethyl adjacent to an activating group) is 2. The Bertz CT molecular complexity index is 212. The zero-order valence-electron chi connectivity index (χ0n) is 9.97. The first-order chi connectivity index (χ1) is 7.24. The number of rotatable bonds is 2. The third-order valence-electron chi connectivity index (χ3n) is 4.04. The maximum atomic E-state index is 8.83. The van der Waals surface area contributed by atoms with Crippen LogP contribution in [0.2, 0.25) is 0 Å². The normalized spacial score (nSPS) is 38.1. The van der Waals surface area contributed by atoms with Crippen molar-refractivity contribution in [3.63, 3.8) is 0 Å². The van der Waals surface area contributed by atoms with Crippen LogP contribution in [0, 0.1) is 10.2 Å². The third kappa shape index (κ3) is 3.53. The van der Waals surface area contributed by atoms with Gasteiger partial charge in [-0.3, -0.25) is 8.97 Å². The Balaban J connectivity index is 0.000000221. The number of piperazine rings is 1. The molecular formula is C9H23ClN2O4+2. The van der Waals surface area contributed by atoms with Crippen LogP contribution in [0.5, 0.6) is 0 Å². The van der Waals surface area contributed by atoms with Gasteiger partial charge in [-0.2, -0.15) is 0 Å². The molecule has 0 aromatic rings. The monoisotopic (exact) mass is 258 g/mol. The van der Waals surface area contributed by atoms with Crippen LogP contribution in [-0.2, 0) is 0 Å². The molecule has 0 saturated carbocycles. The Morgan fingerprint density at radius 2 is 1.19 bits per heavy atom. The maximum absolute atomic E-state index is 8.83. The van der Waals surface area contributed by atoms with Gasteiger partial charge in [-0.25, -0.2) is 0 Å². The first kappa shape index (κ1) is 14.1. The van der Waals surface area contributed by atoms with Crippen molar-refractivity contribution in [3.05, 3.63) is 0 Å². The molecule has 0 aromatic heterocycles. The molecule has 0 aliphatic carbocycles. The molecule has 7 heteroatoms. The SMILES string of the molecule is CC[N+]12CC[N+](CC)(CC1)C2.[O-][Cl+](O)(O)O. The second-order valence-corrected chi connectivity index (χ2v) is 5.65. The van der Waals surface area contributed by atoms with Crippen LogP contribution in [0.1, 0.15) is 13.8 Å². The van der Waals surface area contributed by atoms with E-state index >= 15 is 0 Å². The van der Waals surface area contributed by atoms with E-state index < -0.39 is 10.2 Å². The molecule has 16 heavy (non-hydrogen) atoms. The Labute approximate surface area is 98.2 Å². The van der Waals surface area contributed by atoms with Crippen molar-refractivity contribution in [1.29, 1.82) is 0 Å². The number of halogens is 1. The molecule has 6 nitrogen and oxygen atoms in total. The number of nitrogens with zero attached hydrogens (tertiary/aromatic N) is 2. The summed E-state index contributed by atoms with van der Waals surface area (Å²) >= 11 is 0. The Kier molecular flexibility index (Phi) is 4.18. The average molecular weight is 259 g/mol. The van der Waals surface area contributed by atoms with Gasteiger partial charge in [0.15, 0.2) is 0 Å². The average Bonchev–Trinajstić information content (AvgIpc) is 2.72. The molecule has 2 heterocycles. The van der Waals surface area contributed by atoms with Gasteiger partial charge in [0.1, 0.15) is 26.2 Å². The van der Waals surface area contributed by atoms with Gasteiger partial charge in [-0.05, 0) is 13.8 Å². The summed E-state index contributed by atoms with van der Waals surface area (Å²) in [6.07, 6.45) is 0. The molecule has 0 atom stereocenters. The van der Waals surface area contributed by atoms with Gasteiger partial charge < -0.3 is 0 Å². The summed E-state index contributed by atoms with van der Waals surface area (Å²) < 4.78 is 33.1. The summed E-state index contributed by atoms with van der Waals surface area (Å²) in [7, 11) is -4.19. The molecule has 3 N–H and O–H groups in total. The van der Waals surface area contributed by atoms with E-state index in [0.29, 0.717) is 0 Å². The zero-order chi connectivity index (χ0) is 12.4. The fraction of sp³-hybridized carbons (Fsp3) is 1.00. The van der Waals surface area contributed by atoms with Gasteiger partial charge in [0.25, 0.3) is 0 Å². The van der Waals surface area contributed by atoms with Crippen molar-refractivity contribution in [2.24, 2.45) is 0 Å². The van der Waals surface area contributed by atoms with Crippen LogP contribution in [0.15, 0.2) is 0 Å². The molecule has 0 spiro atoms. The van der Waals surface area contributed by atoms with Crippen molar-refractivity contribution in [2.45, 2.75) is 13.8 Å². The van der Waals surface area contributed by atoms with Crippen LogP contribution in [0.25, 0.3) is 0 Å². The van der Waals surface area contributed by atoms with Gasteiger partial charge in [-0.15, -0.1) is 0 Å². The van der Waals surface area contributed by atoms with E-state index in [-0.39, 0.29) is 0 Å². The summed E-state index contributed by atoms with van der Waals surface area (Å²) in [4.78, 5) is 0. The minimum absolute atomic E-state index is 1.36. The summed E-state index contributed by atoms with van der Waals surface area (Å²) in [5.41, 5.74) is 0. The predicted molar refractivity (Wildman–Crippen MR) is 52.6 cm³/mol. The van der Waals surface area contributed by atoms with Crippen molar-refractivity contribution < 1.29 is 37.8 Å². The molecule has 0 unspecified atom stereocenters. The number of quaternary nitrogens is 2. The molecule has 0 amide bonds. The standard InChI is InChI=1S/C9H20N2.ClH3O4/c1-3-10-5-7-11(4-2,9-10)8-6-10;2-1(3,4)5/h3-9H2,1-2H3;2-4H/q+2;. The summed E-state index contributed by atoms with van der Waals surface area (Å²) in [6.45, 7) is 14.7. The summed E-state index contributed by atoms with van der Waals surface area (Å²) in [5, 5.41) is 0. The second-order valence-electron chi connectivity index (χ2n) is 4.79. The number of hydrogen-bond acceptors (Lipinski definition) is 4. The minimum atomic E-state index is -4.19. The Hall–Kier alpha value is 0.0500. The third-order valence-corrected chi connectivity index (χ3v) is 4.04. The molecule has 2 rings (SSSR count).